The van der Waals surface area contributed by atoms with E-state index in [-0.39, 0.29) is 18.4 Å². The van der Waals surface area contributed by atoms with Crippen LogP contribution in [-0.2, 0) is 4.79 Å². The fourth-order valence-corrected chi connectivity index (χ4v) is 5.62. The summed E-state index contributed by atoms with van der Waals surface area (Å²) in [6.45, 7) is 3.10. The zero-order chi connectivity index (χ0) is 25.3. The third-order valence-corrected chi connectivity index (χ3v) is 7.38. The molecule has 0 spiro atoms. The first-order valence-corrected chi connectivity index (χ1v) is 13.3. The molecule has 5 rings (SSSR count). The largest absolute Gasteiger partial charge is 0.316 e. The molecule has 2 unspecified atom stereocenters. The fraction of sp³-hybridized carbons (Fsp3) is 0.242. The summed E-state index contributed by atoms with van der Waals surface area (Å²) in [7, 11) is 0. The molecule has 2 atom stereocenters. The van der Waals surface area contributed by atoms with Gasteiger partial charge in [0.2, 0.25) is 5.91 Å². The highest BCUT2D eigenvalue weighted by molar-refractivity contribution is 6.01. The average Bonchev–Trinajstić information content (AvgIpc) is 3.50. The van der Waals surface area contributed by atoms with Gasteiger partial charge in [-0.25, -0.2) is 0 Å². The maximum absolute atomic E-state index is 13.6. The molecule has 1 saturated heterocycles. The van der Waals surface area contributed by atoms with Crippen LogP contribution in [0.25, 0.3) is 0 Å². The lowest BCUT2D eigenvalue weighted by atomic mass is 9.74. The van der Waals surface area contributed by atoms with Crippen LogP contribution in [0.5, 0.6) is 0 Å². The van der Waals surface area contributed by atoms with E-state index in [2.05, 4.69) is 71.3 Å². The number of carbonyl (C=O) groups is 1. The lowest BCUT2D eigenvalue weighted by Crippen LogP contribution is -2.40. The van der Waals surface area contributed by atoms with Gasteiger partial charge in [0, 0.05) is 17.3 Å². The first-order chi connectivity index (χ1) is 18.3. The number of anilines is 2. The quantitative estimate of drug-likeness (QED) is 0.287. The summed E-state index contributed by atoms with van der Waals surface area (Å²) < 4.78 is 0. The first kappa shape index (κ1) is 24.9. The molecule has 0 saturated carbocycles. The van der Waals surface area contributed by atoms with Crippen molar-refractivity contribution in [2.24, 2.45) is 11.8 Å². The Kier molecular flexibility index (Phi) is 8.42. The third-order valence-electron chi connectivity index (χ3n) is 7.38. The number of rotatable bonds is 10. The van der Waals surface area contributed by atoms with Crippen LogP contribution in [-0.4, -0.2) is 32.1 Å². The van der Waals surface area contributed by atoms with Gasteiger partial charge in [0.05, 0.1) is 6.54 Å². The van der Waals surface area contributed by atoms with Crippen LogP contribution >= 0.6 is 0 Å². The zero-order valence-corrected chi connectivity index (χ0v) is 21.2. The highest BCUT2D eigenvalue weighted by Gasteiger charge is 2.33. The number of nitrogens with one attached hydrogen (secondary N) is 2. The van der Waals surface area contributed by atoms with Crippen molar-refractivity contribution in [3.05, 3.63) is 132 Å². The summed E-state index contributed by atoms with van der Waals surface area (Å²) in [5.74, 6) is 1.19. The fourth-order valence-electron chi connectivity index (χ4n) is 5.62. The average molecular weight is 490 g/mol. The molecule has 0 bridgehead atoms. The second kappa shape index (κ2) is 12.5. The topological polar surface area (TPSA) is 44.4 Å². The van der Waals surface area contributed by atoms with Crippen molar-refractivity contribution in [1.29, 1.82) is 0 Å². The molecule has 0 aliphatic carbocycles. The number of nitrogens with zero attached hydrogens (tertiary/aromatic N) is 1. The molecule has 0 radical (unpaired) electrons. The van der Waals surface area contributed by atoms with Gasteiger partial charge in [0.1, 0.15) is 0 Å². The van der Waals surface area contributed by atoms with Gasteiger partial charge < -0.3 is 10.6 Å². The number of hydrogen-bond acceptors (Lipinski definition) is 3. The van der Waals surface area contributed by atoms with Gasteiger partial charge >= 0.3 is 0 Å². The minimum absolute atomic E-state index is 0.0386. The van der Waals surface area contributed by atoms with E-state index in [1.165, 1.54) is 11.1 Å². The van der Waals surface area contributed by atoms with Gasteiger partial charge in [-0.2, -0.15) is 0 Å². The minimum atomic E-state index is 0.0386. The molecule has 1 amide bonds. The maximum atomic E-state index is 13.6. The summed E-state index contributed by atoms with van der Waals surface area (Å²) in [4.78, 5) is 15.4. The Hall–Kier alpha value is -3.73. The molecule has 1 aliphatic heterocycles. The van der Waals surface area contributed by atoms with Crippen LogP contribution in [0.3, 0.4) is 0 Å². The van der Waals surface area contributed by atoms with Crippen molar-refractivity contribution >= 4 is 17.3 Å². The first-order valence-electron chi connectivity index (χ1n) is 13.3. The number of amides is 1. The number of hydrogen-bond donors (Lipinski definition) is 2. The van der Waals surface area contributed by atoms with Crippen LogP contribution in [0.15, 0.2) is 121 Å². The van der Waals surface area contributed by atoms with Gasteiger partial charge in [0.25, 0.3) is 0 Å². The van der Waals surface area contributed by atoms with Crippen molar-refractivity contribution in [1.82, 2.24) is 10.6 Å². The molecular weight excluding hydrogens is 454 g/mol. The van der Waals surface area contributed by atoms with Crippen molar-refractivity contribution in [3.63, 3.8) is 0 Å². The molecular formula is C33H35N3O. The second-order valence-electron chi connectivity index (χ2n) is 9.75. The van der Waals surface area contributed by atoms with Gasteiger partial charge in [-0.05, 0) is 73.3 Å². The Bertz CT molecular complexity index is 1150. The van der Waals surface area contributed by atoms with E-state index in [4.69, 9.17) is 0 Å². The summed E-state index contributed by atoms with van der Waals surface area (Å²) >= 11 is 0. The number of benzene rings is 4. The molecule has 1 heterocycles. The van der Waals surface area contributed by atoms with E-state index in [0.717, 1.165) is 37.4 Å². The SMILES string of the molecule is O=C(CNCC(C1CCNC1)C(c1ccccc1)c1ccccc1)N(c1ccccc1)c1ccccc1. The lowest BCUT2D eigenvalue weighted by molar-refractivity contribution is -0.117. The Morgan fingerprint density at radius 1 is 0.757 bits per heavy atom. The van der Waals surface area contributed by atoms with E-state index in [0.29, 0.717) is 11.8 Å². The Labute approximate surface area is 220 Å². The third kappa shape index (κ3) is 6.16. The maximum Gasteiger partial charge on any atom is 0.245 e. The molecule has 4 aromatic rings. The van der Waals surface area contributed by atoms with E-state index >= 15 is 0 Å². The van der Waals surface area contributed by atoms with Crippen molar-refractivity contribution in [2.75, 3.05) is 31.1 Å². The van der Waals surface area contributed by atoms with Crippen molar-refractivity contribution < 1.29 is 4.79 Å². The second-order valence-corrected chi connectivity index (χ2v) is 9.75. The normalized spacial score (nSPS) is 16.0. The van der Waals surface area contributed by atoms with Crippen LogP contribution in [0.4, 0.5) is 11.4 Å². The van der Waals surface area contributed by atoms with Crippen molar-refractivity contribution in [3.8, 4) is 0 Å². The van der Waals surface area contributed by atoms with Gasteiger partial charge in [-0.3, -0.25) is 9.69 Å². The minimum Gasteiger partial charge on any atom is -0.316 e. The molecule has 1 aliphatic rings. The van der Waals surface area contributed by atoms with Crippen molar-refractivity contribution in [2.45, 2.75) is 12.3 Å². The highest BCUT2D eigenvalue weighted by Crippen LogP contribution is 2.38. The van der Waals surface area contributed by atoms with E-state index in [1.807, 2.05) is 65.6 Å². The summed E-state index contributed by atoms with van der Waals surface area (Å²) in [6, 6.07) is 41.4. The number of para-hydroxylation sites is 2. The van der Waals surface area contributed by atoms with Crippen LogP contribution in [0.2, 0.25) is 0 Å². The van der Waals surface area contributed by atoms with Crippen LogP contribution in [0.1, 0.15) is 23.5 Å². The predicted molar refractivity (Wildman–Crippen MR) is 152 cm³/mol. The van der Waals surface area contributed by atoms with E-state index < -0.39 is 0 Å². The Morgan fingerprint density at radius 3 is 1.70 bits per heavy atom. The summed E-state index contributed by atoms with van der Waals surface area (Å²) in [6.07, 6.45) is 1.15. The van der Waals surface area contributed by atoms with Crippen LogP contribution in [0, 0.1) is 11.8 Å². The van der Waals surface area contributed by atoms with Crippen LogP contribution < -0.4 is 15.5 Å². The van der Waals surface area contributed by atoms with E-state index in [9.17, 15) is 4.79 Å². The van der Waals surface area contributed by atoms with Gasteiger partial charge in [-0.15, -0.1) is 0 Å². The number of carbonyl (C=O) groups excluding carboxylic acids is 1. The van der Waals surface area contributed by atoms with Gasteiger partial charge in [-0.1, -0.05) is 97.1 Å². The molecule has 0 aromatic heterocycles. The lowest BCUT2D eigenvalue weighted by Gasteiger charge is -2.33. The monoisotopic (exact) mass is 489 g/mol. The molecule has 4 heteroatoms. The standard InChI is InChI=1S/C33H35N3O/c37-32(36(29-17-9-3-10-18-29)30-19-11-4-12-20-30)25-35-24-31(28-21-22-34-23-28)33(26-13-5-1-6-14-26)27-15-7-2-8-16-27/h1-20,28,31,33-35H,21-25H2. The zero-order valence-electron chi connectivity index (χ0n) is 21.2. The van der Waals surface area contributed by atoms with E-state index in [1.54, 1.807) is 0 Å². The smallest absolute Gasteiger partial charge is 0.245 e. The molecule has 4 nitrogen and oxygen atoms in total. The molecule has 4 aromatic carbocycles. The molecule has 1 fully saturated rings. The summed E-state index contributed by atoms with van der Waals surface area (Å²) in [5, 5.41) is 7.15. The highest BCUT2D eigenvalue weighted by atomic mass is 16.2. The Balaban J connectivity index is 1.38. The predicted octanol–water partition coefficient (Wildman–Crippen LogP) is 6.00. The summed E-state index contributed by atoms with van der Waals surface area (Å²) in [5.41, 5.74) is 4.41. The Morgan fingerprint density at radius 2 is 1.24 bits per heavy atom. The van der Waals surface area contributed by atoms with Gasteiger partial charge in [0.15, 0.2) is 0 Å². The molecule has 37 heavy (non-hydrogen) atoms. The molecule has 188 valence electrons. The molecule has 2 N–H and O–H groups in total.